The number of nitrogens with zero attached hydrogens (tertiary/aromatic N) is 3. The molecule has 0 saturated heterocycles. The van der Waals surface area contributed by atoms with Crippen molar-refractivity contribution in [2.75, 3.05) is 0 Å². The monoisotopic (exact) mass is 197 g/mol. The van der Waals surface area contributed by atoms with E-state index in [-0.39, 0.29) is 51.4 Å². The molecule has 0 amide bonds. The van der Waals surface area contributed by atoms with Gasteiger partial charge in [0.25, 0.3) is 0 Å². The third kappa shape index (κ3) is 2.48. The fourth-order valence-corrected chi connectivity index (χ4v) is 1.11. The van der Waals surface area contributed by atoms with Gasteiger partial charge in [-0.1, -0.05) is 18.1 Å². The molecule has 3 nitrogen and oxygen atoms in total. The van der Waals surface area contributed by atoms with E-state index in [1.165, 1.54) is 0 Å². The Labute approximate surface area is 119 Å². The molecule has 0 fully saturated rings. The first-order chi connectivity index (χ1) is 5.88. The summed E-state index contributed by atoms with van der Waals surface area (Å²) < 4.78 is 0. The average molecular weight is 197 g/mol. The molecule has 0 bridgehead atoms. The van der Waals surface area contributed by atoms with E-state index in [4.69, 9.17) is 0 Å². The minimum atomic E-state index is 0. The first-order valence-electron chi connectivity index (χ1n) is 3.72. The van der Waals surface area contributed by atoms with Gasteiger partial charge >= 0.3 is 51.4 Å². The maximum atomic E-state index is 4.13. The molecule has 0 spiro atoms. The van der Waals surface area contributed by atoms with E-state index in [9.17, 15) is 0 Å². The molecular formula is C9H8KN3. The second-order valence-electron chi connectivity index (χ2n) is 2.55. The molecule has 0 atom stereocenters. The zero-order chi connectivity index (χ0) is 8.39. The average Bonchev–Trinajstić information content (AvgIpc) is 2.53. The van der Waals surface area contributed by atoms with Crippen LogP contribution in [0.5, 0.6) is 0 Å². The van der Waals surface area contributed by atoms with Crippen LogP contribution in [0.3, 0.4) is 0 Å². The molecule has 0 saturated carbocycles. The number of imidazole rings is 1. The predicted molar refractivity (Wildman–Crippen MR) is 45.5 cm³/mol. The summed E-state index contributed by atoms with van der Waals surface area (Å²) in [5.74, 6) is 0. The third-order valence-corrected chi connectivity index (χ3v) is 1.72. The summed E-state index contributed by atoms with van der Waals surface area (Å²) in [4.78, 5) is 12.2. The Kier molecular flexibility index (Phi) is 4.28. The van der Waals surface area contributed by atoms with Gasteiger partial charge in [-0.2, -0.15) is 0 Å². The van der Waals surface area contributed by atoms with Gasteiger partial charge in [0, 0.05) is 12.4 Å². The number of hydrogen-bond acceptors (Lipinski definition) is 2. The summed E-state index contributed by atoms with van der Waals surface area (Å²) in [5, 5.41) is 0. The Morgan fingerprint density at radius 1 is 1.38 bits per heavy atom. The van der Waals surface area contributed by atoms with Crippen molar-refractivity contribution >= 4 is 0 Å². The van der Waals surface area contributed by atoms with Crippen molar-refractivity contribution in [2.45, 2.75) is 6.92 Å². The molecule has 0 N–H and O–H groups in total. The Morgan fingerprint density at radius 3 is 2.77 bits per heavy atom. The number of aryl methyl sites for hydroxylation is 1. The van der Waals surface area contributed by atoms with Gasteiger partial charge in [0.1, 0.15) is 0 Å². The molecule has 0 aliphatic carbocycles. The zero-order valence-electron chi connectivity index (χ0n) is 7.73. The van der Waals surface area contributed by atoms with E-state index in [2.05, 4.69) is 15.0 Å². The summed E-state index contributed by atoms with van der Waals surface area (Å²) in [7, 11) is 0. The minimum absolute atomic E-state index is 0. The normalized spacial score (nSPS) is 9.31. The Hall–Kier alpha value is -0.00364. The van der Waals surface area contributed by atoms with Gasteiger partial charge in [-0.25, -0.2) is 0 Å². The van der Waals surface area contributed by atoms with Crippen LogP contribution in [0.4, 0.5) is 0 Å². The molecule has 2 rings (SSSR count). The van der Waals surface area contributed by atoms with Crippen molar-refractivity contribution in [3.8, 4) is 11.3 Å². The van der Waals surface area contributed by atoms with Gasteiger partial charge in [-0.05, 0) is 24.2 Å². The van der Waals surface area contributed by atoms with Crippen LogP contribution in [0.1, 0.15) is 5.69 Å². The van der Waals surface area contributed by atoms with E-state index in [1.807, 2.05) is 19.1 Å². The number of aromatic nitrogens is 3. The van der Waals surface area contributed by atoms with Crippen LogP contribution < -0.4 is 56.4 Å². The van der Waals surface area contributed by atoms with E-state index in [1.54, 1.807) is 18.7 Å². The van der Waals surface area contributed by atoms with Crippen LogP contribution in [0.25, 0.3) is 11.3 Å². The second-order valence-corrected chi connectivity index (χ2v) is 2.55. The topological polar surface area (TPSA) is 39.9 Å². The molecule has 0 unspecified atom stereocenters. The maximum Gasteiger partial charge on any atom is 1.00 e. The Morgan fingerprint density at radius 2 is 2.23 bits per heavy atom. The van der Waals surface area contributed by atoms with Gasteiger partial charge in [0.2, 0.25) is 0 Å². The predicted octanol–water partition coefficient (Wildman–Crippen LogP) is -1.59. The second kappa shape index (κ2) is 5.02. The molecule has 2 aromatic rings. The van der Waals surface area contributed by atoms with Crippen LogP contribution in [-0.4, -0.2) is 9.97 Å². The maximum absolute atomic E-state index is 4.13. The van der Waals surface area contributed by atoms with Crippen molar-refractivity contribution in [3.63, 3.8) is 0 Å². The summed E-state index contributed by atoms with van der Waals surface area (Å²) in [5.41, 5.74) is 2.89. The van der Waals surface area contributed by atoms with Gasteiger partial charge in [0.05, 0.1) is 0 Å². The van der Waals surface area contributed by atoms with E-state index >= 15 is 0 Å². The van der Waals surface area contributed by atoms with Crippen LogP contribution in [-0.2, 0) is 0 Å². The molecule has 0 aromatic carbocycles. The largest absolute Gasteiger partial charge is 1.00 e. The minimum Gasteiger partial charge on any atom is -0.447 e. The van der Waals surface area contributed by atoms with Crippen LogP contribution in [0.15, 0.2) is 30.9 Å². The molecule has 0 aliphatic heterocycles. The van der Waals surface area contributed by atoms with Crippen molar-refractivity contribution in [2.24, 2.45) is 0 Å². The summed E-state index contributed by atoms with van der Waals surface area (Å²) in [6.07, 6.45) is 5.10. The van der Waals surface area contributed by atoms with Crippen LogP contribution in [0.2, 0.25) is 0 Å². The van der Waals surface area contributed by atoms with Gasteiger partial charge in [-0.15, -0.1) is 0 Å². The summed E-state index contributed by atoms with van der Waals surface area (Å²) in [6, 6.07) is 3.87. The standard InChI is InChI=1S/C9H8N3.K/c1-7-9(12-6-11-7)8-3-2-4-10-5-8;/h2-6H,1H3;/q-1;+1. The van der Waals surface area contributed by atoms with Gasteiger partial charge in [0.15, 0.2) is 0 Å². The van der Waals surface area contributed by atoms with Gasteiger partial charge in [-0.3, -0.25) is 4.98 Å². The van der Waals surface area contributed by atoms with Crippen LogP contribution >= 0.6 is 0 Å². The number of rotatable bonds is 1. The fourth-order valence-electron chi connectivity index (χ4n) is 1.11. The Bertz CT molecular complexity index is 369. The van der Waals surface area contributed by atoms with Gasteiger partial charge < -0.3 is 9.97 Å². The first-order valence-corrected chi connectivity index (χ1v) is 3.72. The molecule has 2 aromatic heterocycles. The smallest absolute Gasteiger partial charge is 0.447 e. The van der Waals surface area contributed by atoms with Crippen molar-refractivity contribution in [3.05, 3.63) is 36.5 Å². The van der Waals surface area contributed by atoms with E-state index in [0.717, 1.165) is 17.0 Å². The Balaban J connectivity index is 0.000000845. The quantitative estimate of drug-likeness (QED) is 0.518. The fraction of sp³-hybridized carbons (Fsp3) is 0.111. The molecule has 0 radical (unpaired) electrons. The zero-order valence-corrected chi connectivity index (χ0v) is 10.9. The molecular weight excluding hydrogens is 189 g/mol. The van der Waals surface area contributed by atoms with Crippen molar-refractivity contribution in [1.82, 2.24) is 15.0 Å². The third-order valence-electron chi connectivity index (χ3n) is 1.72. The van der Waals surface area contributed by atoms with E-state index in [0.29, 0.717) is 0 Å². The first kappa shape index (κ1) is 11.1. The summed E-state index contributed by atoms with van der Waals surface area (Å²) >= 11 is 0. The van der Waals surface area contributed by atoms with Crippen molar-refractivity contribution in [1.29, 1.82) is 0 Å². The molecule has 13 heavy (non-hydrogen) atoms. The molecule has 60 valence electrons. The number of pyridine rings is 1. The van der Waals surface area contributed by atoms with E-state index < -0.39 is 0 Å². The number of hydrogen-bond donors (Lipinski definition) is 0. The molecule has 4 heteroatoms. The van der Waals surface area contributed by atoms with Crippen molar-refractivity contribution < 1.29 is 51.4 Å². The SMILES string of the molecule is Cc1[n-]cnc1-c1cccnc1.[K+]. The molecule has 0 aliphatic rings. The molecule has 2 heterocycles. The summed E-state index contributed by atoms with van der Waals surface area (Å²) in [6.45, 7) is 1.94. The van der Waals surface area contributed by atoms with Crippen LogP contribution in [0, 0.1) is 6.92 Å².